The van der Waals surface area contributed by atoms with E-state index in [9.17, 15) is 24.5 Å². The van der Waals surface area contributed by atoms with Crippen LogP contribution >= 0.6 is 0 Å². The van der Waals surface area contributed by atoms with E-state index in [1.54, 1.807) is 6.07 Å². The molecule has 0 heterocycles. The predicted octanol–water partition coefficient (Wildman–Crippen LogP) is 2.40. The molecule has 140 valence electrons. The molecule has 1 aliphatic rings. The summed E-state index contributed by atoms with van der Waals surface area (Å²) in [6.07, 6.45) is 2.37. The van der Waals surface area contributed by atoms with Crippen LogP contribution in [0.5, 0.6) is 0 Å². The Kier molecular flexibility index (Phi) is 6.43. The predicted molar refractivity (Wildman–Crippen MR) is 90.3 cm³/mol. The second-order valence-corrected chi connectivity index (χ2v) is 6.22. The zero-order chi connectivity index (χ0) is 19.3. The summed E-state index contributed by atoms with van der Waals surface area (Å²) in [5.41, 5.74) is 0.199. The first-order valence-corrected chi connectivity index (χ1v) is 8.33. The van der Waals surface area contributed by atoms with Crippen LogP contribution in [0.1, 0.15) is 37.2 Å². The van der Waals surface area contributed by atoms with E-state index in [1.165, 1.54) is 18.2 Å². The van der Waals surface area contributed by atoms with Crippen molar-refractivity contribution in [3.63, 3.8) is 0 Å². The van der Waals surface area contributed by atoms with Gasteiger partial charge in [-0.15, -0.1) is 0 Å². The molecule has 2 rings (SSSR count). The normalized spacial score (nSPS) is 18.3. The molecule has 0 bridgehead atoms. The number of ether oxygens (including phenoxy) is 2. The van der Waals surface area contributed by atoms with E-state index < -0.39 is 34.6 Å². The Labute approximate surface area is 150 Å². The van der Waals surface area contributed by atoms with Crippen LogP contribution in [0.25, 0.3) is 0 Å². The highest BCUT2D eigenvalue weighted by Crippen LogP contribution is 2.41. The van der Waals surface area contributed by atoms with Gasteiger partial charge in [-0.1, -0.05) is 18.6 Å². The molecule has 0 saturated heterocycles. The van der Waals surface area contributed by atoms with Gasteiger partial charge < -0.3 is 9.47 Å². The largest absolute Gasteiger partial charge is 0.468 e. The van der Waals surface area contributed by atoms with Crippen molar-refractivity contribution in [1.29, 1.82) is 0 Å². The molecule has 0 radical (unpaired) electrons. The lowest BCUT2D eigenvalue weighted by Crippen LogP contribution is -2.39. The van der Waals surface area contributed by atoms with E-state index in [4.69, 9.17) is 9.47 Å². The van der Waals surface area contributed by atoms with Gasteiger partial charge >= 0.3 is 11.9 Å². The highest BCUT2D eigenvalue weighted by Gasteiger charge is 2.45. The first-order chi connectivity index (χ1) is 12.4. The van der Waals surface area contributed by atoms with Crippen LogP contribution in [0.4, 0.5) is 5.69 Å². The summed E-state index contributed by atoms with van der Waals surface area (Å²) in [6, 6.07) is 5.66. The van der Waals surface area contributed by atoms with Gasteiger partial charge in [-0.3, -0.25) is 24.5 Å². The van der Waals surface area contributed by atoms with Crippen molar-refractivity contribution in [2.45, 2.75) is 31.6 Å². The number of rotatable bonds is 6. The number of nitro groups is 1. The number of ketones is 1. The fourth-order valence-corrected chi connectivity index (χ4v) is 3.54. The fraction of sp³-hybridized carbons (Fsp3) is 0.500. The van der Waals surface area contributed by atoms with Crippen LogP contribution in [0.15, 0.2) is 24.3 Å². The number of nitrogens with zero attached hydrogens (tertiary/aromatic N) is 1. The maximum Gasteiger partial charge on any atom is 0.320 e. The molecule has 0 aliphatic heterocycles. The van der Waals surface area contributed by atoms with Gasteiger partial charge in [-0.25, -0.2) is 0 Å². The van der Waals surface area contributed by atoms with Crippen LogP contribution in [0.2, 0.25) is 0 Å². The summed E-state index contributed by atoms with van der Waals surface area (Å²) in [4.78, 5) is 47.7. The maximum absolute atomic E-state index is 12.5. The third-order valence-electron chi connectivity index (χ3n) is 4.77. The second-order valence-electron chi connectivity index (χ2n) is 6.22. The number of hydrogen-bond acceptors (Lipinski definition) is 7. The molecule has 2 atom stereocenters. The fourth-order valence-electron chi connectivity index (χ4n) is 3.54. The number of non-ortho nitro benzene ring substituents is 1. The minimum Gasteiger partial charge on any atom is -0.468 e. The quantitative estimate of drug-likeness (QED) is 0.330. The monoisotopic (exact) mass is 363 g/mol. The lowest BCUT2D eigenvalue weighted by atomic mass is 9.70. The van der Waals surface area contributed by atoms with Gasteiger partial charge in [-0.2, -0.15) is 0 Å². The topological polar surface area (TPSA) is 113 Å². The van der Waals surface area contributed by atoms with Gasteiger partial charge in [0, 0.05) is 30.4 Å². The van der Waals surface area contributed by atoms with E-state index in [0.29, 0.717) is 18.4 Å². The molecule has 0 aromatic heterocycles. The van der Waals surface area contributed by atoms with E-state index in [2.05, 4.69) is 0 Å². The molecule has 8 nitrogen and oxygen atoms in total. The molecule has 1 fully saturated rings. The molecule has 1 aromatic rings. The molecule has 1 aliphatic carbocycles. The van der Waals surface area contributed by atoms with Gasteiger partial charge in [0.2, 0.25) is 0 Å². The number of carbonyl (C=O) groups excluding carboxylic acids is 3. The Morgan fingerprint density at radius 1 is 1.19 bits per heavy atom. The maximum atomic E-state index is 12.5. The van der Waals surface area contributed by atoms with Crippen molar-refractivity contribution in [1.82, 2.24) is 0 Å². The Bertz CT molecular complexity index is 699. The summed E-state index contributed by atoms with van der Waals surface area (Å²) in [5, 5.41) is 11.1. The summed E-state index contributed by atoms with van der Waals surface area (Å²) >= 11 is 0. The smallest absolute Gasteiger partial charge is 0.320 e. The molecule has 1 aromatic carbocycles. The molecule has 0 spiro atoms. The molecule has 0 amide bonds. The molecular weight excluding hydrogens is 342 g/mol. The SMILES string of the molecule is COC(=O)C(C(=O)OC)C(c1cccc([N+](=O)[O-])c1)C1CCCCC1=O. The molecule has 1 saturated carbocycles. The highest BCUT2D eigenvalue weighted by molar-refractivity contribution is 5.97. The van der Waals surface area contributed by atoms with Crippen LogP contribution in [-0.4, -0.2) is 36.9 Å². The number of methoxy groups -OCH3 is 2. The van der Waals surface area contributed by atoms with Crippen molar-refractivity contribution < 1.29 is 28.8 Å². The zero-order valence-electron chi connectivity index (χ0n) is 14.7. The standard InChI is InChI=1S/C18H21NO7/c1-25-17(21)16(18(22)26-2)15(13-8-3-4-9-14(13)20)11-6-5-7-12(10-11)19(23)24/h5-7,10,13,15-16H,3-4,8-9H2,1-2H3. The Morgan fingerprint density at radius 2 is 1.85 bits per heavy atom. The van der Waals surface area contributed by atoms with Crippen LogP contribution < -0.4 is 0 Å². The van der Waals surface area contributed by atoms with E-state index >= 15 is 0 Å². The molecule has 26 heavy (non-hydrogen) atoms. The van der Waals surface area contributed by atoms with Crippen molar-refractivity contribution in [3.05, 3.63) is 39.9 Å². The van der Waals surface area contributed by atoms with E-state index in [0.717, 1.165) is 27.1 Å². The molecular formula is C18H21NO7. The summed E-state index contributed by atoms with van der Waals surface area (Å²) in [7, 11) is 2.29. The van der Waals surface area contributed by atoms with Gasteiger partial charge in [0.15, 0.2) is 5.92 Å². The van der Waals surface area contributed by atoms with E-state index in [1.807, 2.05) is 0 Å². The minimum absolute atomic E-state index is 0.0643. The number of esters is 2. The zero-order valence-corrected chi connectivity index (χ0v) is 14.7. The third-order valence-corrected chi connectivity index (χ3v) is 4.77. The lowest BCUT2D eigenvalue weighted by Gasteiger charge is -2.32. The van der Waals surface area contributed by atoms with Crippen LogP contribution in [0, 0.1) is 22.0 Å². The molecule has 0 N–H and O–H groups in total. The molecule has 8 heteroatoms. The summed E-state index contributed by atoms with van der Waals surface area (Å²) in [5.74, 6) is -4.56. The van der Waals surface area contributed by atoms with Gasteiger partial charge in [0.25, 0.3) is 5.69 Å². The number of hydrogen-bond donors (Lipinski definition) is 0. The Balaban J connectivity index is 2.58. The lowest BCUT2D eigenvalue weighted by molar-refractivity contribution is -0.384. The van der Waals surface area contributed by atoms with Crippen LogP contribution in [0.3, 0.4) is 0 Å². The Morgan fingerprint density at radius 3 is 2.38 bits per heavy atom. The van der Waals surface area contributed by atoms with Crippen molar-refractivity contribution >= 4 is 23.4 Å². The van der Waals surface area contributed by atoms with E-state index in [-0.39, 0.29) is 11.5 Å². The third kappa shape index (κ3) is 4.07. The summed E-state index contributed by atoms with van der Waals surface area (Å²) in [6.45, 7) is 0. The average Bonchev–Trinajstić information content (AvgIpc) is 2.65. The molecule has 2 unspecified atom stereocenters. The van der Waals surface area contributed by atoms with Gasteiger partial charge in [0.05, 0.1) is 19.1 Å². The first-order valence-electron chi connectivity index (χ1n) is 8.33. The minimum atomic E-state index is -1.36. The Hall–Kier alpha value is -2.77. The van der Waals surface area contributed by atoms with Crippen molar-refractivity contribution in [2.24, 2.45) is 11.8 Å². The van der Waals surface area contributed by atoms with Crippen LogP contribution in [-0.2, 0) is 23.9 Å². The number of benzene rings is 1. The second kappa shape index (κ2) is 8.55. The van der Waals surface area contributed by atoms with Crippen molar-refractivity contribution in [2.75, 3.05) is 14.2 Å². The first kappa shape index (κ1) is 19.6. The van der Waals surface area contributed by atoms with Gasteiger partial charge in [-0.05, 0) is 18.4 Å². The number of Topliss-reactive ketones (excluding diaryl/α,β-unsaturated/α-hetero) is 1. The number of carbonyl (C=O) groups is 3. The number of nitro benzene ring substituents is 1. The van der Waals surface area contributed by atoms with Crippen molar-refractivity contribution in [3.8, 4) is 0 Å². The van der Waals surface area contributed by atoms with Gasteiger partial charge in [0.1, 0.15) is 5.78 Å². The highest BCUT2D eigenvalue weighted by atomic mass is 16.6. The average molecular weight is 363 g/mol. The summed E-state index contributed by atoms with van der Waals surface area (Å²) < 4.78 is 9.51.